The van der Waals surface area contributed by atoms with E-state index in [0.29, 0.717) is 18.1 Å². The van der Waals surface area contributed by atoms with Crippen LogP contribution in [0.1, 0.15) is 53.9 Å². The molecule has 1 fully saturated rings. The molecule has 2 nitrogen and oxygen atoms in total. The van der Waals surface area contributed by atoms with Crippen molar-refractivity contribution in [1.29, 1.82) is 0 Å². The molecule has 0 bridgehead atoms. The predicted octanol–water partition coefficient (Wildman–Crippen LogP) is 2.87. The summed E-state index contributed by atoms with van der Waals surface area (Å²) in [6.07, 6.45) is 3.76. The third-order valence-corrected chi connectivity index (χ3v) is 4.00. The maximum atomic E-state index is 6.39. The molecule has 1 saturated carbocycles. The predicted molar refractivity (Wildman–Crippen MR) is 71.5 cm³/mol. The fraction of sp³-hybridized carbons (Fsp3) is 1.00. The summed E-state index contributed by atoms with van der Waals surface area (Å²) in [5.41, 5.74) is 6.39. The van der Waals surface area contributed by atoms with E-state index in [9.17, 15) is 0 Å². The van der Waals surface area contributed by atoms with Crippen LogP contribution >= 0.6 is 0 Å². The highest BCUT2D eigenvalue weighted by Crippen LogP contribution is 2.32. The number of nitrogens with zero attached hydrogens (tertiary/aromatic N) is 1. The number of hydrogen-bond donors (Lipinski definition) is 1. The fourth-order valence-electron chi connectivity index (χ4n) is 3.48. The van der Waals surface area contributed by atoms with Crippen molar-refractivity contribution in [3.05, 3.63) is 0 Å². The molecule has 0 spiro atoms. The molecular formula is C14H30N2. The SMILES string of the molecule is CCCN(C(C)C)C1C(C)CC(C)CC1N. The molecule has 0 radical (unpaired) electrons. The molecule has 16 heavy (non-hydrogen) atoms. The Labute approximate surface area is 102 Å². The van der Waals surface area contributed by atoms with Crippen LogP contribution in [0, 0.1) is 11.8 Å². The zero-order valence-corrected chi connectivity index (χ0v) is 11.7. The van der Waals surface area contributed by atoms with Crippen LogP contribution in [0.25, 0.3) is 0 Å². The summed E-state index contributed by atoms with van der Waals surface area (Å²) in [5.74, 6) is 1.55. The molecule has 96 valence electrons. The van der Waals surface area contributed by atoms with Crippen molar-refractivity contribution in [2.24, 2.45) is 17.6 Å². The molecule has 0 saturated heterocycles. The van der Waals surface area contributed by atoms with Gasteiger partial charge in [0, 0.05) is 18.1 Å². The van der Waals surface area contributed by atoms with Gasteiger partial charge in [-0.1, -0.05) is 20.8 Å². The van der Waals surface area contributed by atoms with Crippen LogP contribution < -0.4 is 5.73 Å². The molecule has 1 rings (SSSR count). The molecule has 0 aromatic heterocycles. The average Bonchev–Trinajstić information content (AvgIpc) is 2.14. The summed E-state index contributed by atoms with van der Waals surface area (Å²) >= 11 is 0. The summed E-state index contributed by atoms with van der Waals surface area (Å²) in [5, 5.41) is 0. The summed E-state index contributed by atoms with van der Waals surface area (Å²) < 4.78 is 0. The zero-order chi connectivity index (χ0) is 12.3. The Morgan fingerprint density at radius 2 is 1.88 bits per heavy atom. The lowest BCUT2D eigenvalue weighted by Gasteiger charge is -2.46. The molecule has 1 aliphatic carbocycles. The maximum absolute atomic E-state index is 6.39. The number of rotatable bonds is 4. The Bertz CT molecular complexity index is 191. The van der Waals surface area contributed by atoms with Crippen molar-refractivity contribution in [3.63, 3.8) is 0 Å². The Kier molecular flexibility index (Phi) is 5.26. The van der Waals surface area contributed by atoms with Gasteiger partial charge in [-0.3, -0.25) is 4.90 Å². The number of hydrogen-bond acceptors (Lipinski definition) is 2. The summed E-state index contributed by atoms with van der Waals surface area (Å²) in [7, 11) is 0. The third kappa shape index (κ3) is 3.21. The van der Waals surface area contributed by atoms with Gasteiger partial charge >= 0.3 is 0 Å². The van der Waals surface area contributed by atoms with E-state index < -0.39 is 0 Å². The van der Waals surface area contributed by atoms with E-state index in [4.69, 9.17) is 5.73 Å². The van der Waals surface area contributed by atoms with Crippen LogP contribution in [0.4, 0.5) is 0 Å². The standard InChI is InChI=1S/C14H30N2/c1-6-7-16(10(2)3)14-12(5)8-11(4)9-13(14)15/h10-14H,6-9,15H2,1-5H3. The smallest absolute Gasteiger partial charge is 0.0275 e. The van der Waals surface area contributed by atoms with Crippen LogP contribution in [0.3, 0.4) is 0 Å². The van der Waals surface area contributed by atoms with E-state index in [1.54, 1.807) is 0 Å². The minimum absolute atomic E-state index is 0.368. The lowest BCUT2D eigenvalue weighted by atomic mass is 9.76. The first-order valence-corrected chi connectivity index (χ1v) is 6.98. The van der Waals surface area contributed by atoms with E-state index in [0.717, 1.165) is 11.8 Å². The van der Waals surface area contributed by atoms with Crippen molar-refractivity contribution in [1.82, 2.24) is 4.90 Å². The summed E-state index contributed by atoms with van der Waals surface area (Å²) in [6, 6.07) is 1.58. The molecule has 2 N–H and O–H groups in total. The quantitative estimate of drug-likeness (QED) is 0.798. The molecular weight excluding hydrogens is 196 g/mol. The van der Waals surface area contributed by atoms with Crippen LogP contribution in [-0.2, 0) is 0 Å². The van der Waals surface area contributed by atoms with E-state index in [1.807, 2.05) is 0 Å². The summed E-state index contributed by atoms with van der Waals surface area (Å²) in [6.45, 7) is 12.8. The van der Waals surface area contributed by atoms with E-state index in [2.05, 4.69) is 39.5 Å². The van der Waals surface area contributed by atoms with Gasteiger partial charge in [0.15, 0.2) is 0 Å². The van der Waals surface area contributed by atoms with Crippen molar-refractivity contribution in [2.45, 2.75) is 72.0 Å². The highest BCUT2D eigenvalue weighted by molar-refractivity contribution is 4.93. The highest BCUT2D eigenvalue weighted by Gasteiger charge is 2.36. The second-order valence-corrected chi connectivity index (χ2v) is 6.04. The highest BCUT2D eigenvalue weighted by atomic mass is 15.2. The van der Waals surface area contributed by atoms with Gasteiger partial charge in [0.2, 0.25) is 0 Å². The van der Waals surface area contributed by atoms with Crippen LogP contribution in [0.15, 0.2) is 0 Å². The Balaban J connectivity index is 2.73. The van der Waals surface area contributed by atoms with Gasteiger partial charge in [-0.25, -0.2) is 0 Å². The lowest BCUT2D eigenvalue weighted by Crippen LogP contribution is -2.57. The van der Waals surface area contributed by atoms with Gasteiger partial charge in [-0.05, 0) is 51.5 Å². The van der Waals surface area contributed by atoms with Gasteiger partial charge in [0.1, 0.15) is 0 Å². The second-order valence-electron chi connectivity index (χ2n) is 6.04. The second kappa shape index (κ2) is 6.02. The van der Waals surface area contributed by atoms with Gasteiger partial charge in [-0.15, -0.1) is 0 Å². The first-order valence-electron chi connectivity index (χ1n) is 6.98. The minimum atomic E-state index is 0.368. The Morgan fingerprint density at radius 1 is 1.25 bits per heavy atom. The van der Waals surface area contributed by atoms with Crippen LogP contribution in [0.5, 0.6) is 0 Å². The molecule has 1 aliphatic rings. The van der Waals surface area contributed by atoms with E-state index in [1.165, 1.54) is 25.8 Å². The van der Waals surface area contributed by atoms with Crippen molar-refractivity contribution in [3.8, 4) is 0 Å². The lowest BCUT2D eigenvalue weighted by molar-refractivity contribution is 0.0519. The Hall–Kier alpha value is -0.0800. The van der Waals surface area contributed by atoms with Crippen LogP contribution in [0.2, 0.25) is 0 Å². The maximum Gasteiger partial charge on any atom is 0.0275 e. The molecule has 0 aliphatic heterocycles. The van der Waals surface area contributed by atoms with E-state index >= 15 is 0 Å². The normalized spacial score (nSPS) is 36.0. The molecule has 2 heteroatoms. The monoisotopic (exact) mass is 226 g/mol. The van der Waals surface area contributed by atoms with Crippen molar-refractivity contribution >= 4 is 0 Å². The summed E-state index contributed by atoms with van der Waals surface area (Å²) in [4.78, 5) is 2.63. The molecule has 0 amide bonds. The third-order valence-electron chi connectivity index (χ3n) is 4.00. The van der Waals surface area contributed by atoms with Crippen molar-refractivity contribution in [2.75, 3.05) is 6.54 Å². The first-order chi connectivity index (χ1) is 7.47. The molecule has 0 aromatic rings. The molecule has 4 atom stereocenters. The van der Waals surface area contributed by atoms with Gasteiger partial charge < -0.3 is 5.73 Å². The number of nitrogens with two attached hydrogens (primary N) is 1. The zero-order valence-electron chi connectivity index (χ0n) is 11.7. The topological polar surface area (TPSA) is 29.3 Å². The fourth-order valence-corrected chi connectivity index (χ4v) is 3.48. The minimum Gasteiger partial charge on any atom is -0.326 e. The Morgan fingerprint density at radius 3 is 2.31 bits per heavy atom. The van der Waals surface area contributed by atoms with E-state index in [-0.39, 0.29) is 0 Å². The first kappa shape index (κ1) is 14.0. The largest absolute Gasteiger partial charge is 0.326 e. The molecule has 0 aromatic carbocycles. The van der Waals surface area contributed by atoms with Crippen molar-refractivity contribution < 1.29 is 0 Å². The van der Waals surface area contributed by atoms with Gasteiger partial charge in [-0.2, -0.15) is 0 Å². The van der Waals surface area contributed by atoms with Crippen LogP contribution in [-0.4, -0.2) is 29.6 Å². The average molecular weight is 226 g/mol. The molecule has 0 heterocycles. The molecule has 4 unspecified atom stereocenters. The van der Waals surface area contributed by atoms with Gasteiger partial charge in [0.25, 0.3) is 0 Å². The van der Waals surface area contributed by atoms with Gasteiger partial charge in [0.05, 0.1) is 0 Å².